The smallest absolute Gasteiger partial charge is 0.318 e. The van der Waals surface area contributed by atoms with Gasteiger partial charge >= 0.3 is 11.9 Å². The molecule has 15 heavy (non-hydrogen) atoms. The molecule has 4 nitrogen and oxygen atoms in total. The van der Waals surface area contributed by atoms with Crippen LogP contribution in [-0.4, -0.2) is 22.2 Å². The predicted molar refractivity (Wildman–Crippen MR) is 56.6 cm³/mol. The second kappa shape index (κ2) is 6.43. The molecule has 0 bridgehead atoms. The van der Waals surface area contributed by atoms with Crippen LogP contribution in [-0.2, 0) is 9.59 Å². The second-order valence-electron chi connectivity index (χ2n) is 3.97. The number of aliphatic carboxylic acids is 2. The van der Waals surface area contributed by atoms with Crippen molar-refractivity contribution < 1.29 is 19.8 Å². The molecule has 0 amide bonds. The van der Waals surface area contributed by atoms with Gasteiger partial charge in [-0.25, -0.2) is 0 Å². The number of rotatable bonds is 7. The summed E-state index contributed by atoms with van der Waals surface area (Å²) in [6.45, 7) is 5.71. The third-order valence-electron chi connectivity index (χ3n) is 2.99. The minimum absolute atomic E-state index is 0.173. The van der Waals surface area contributed by atoms with Crippen LogP contribution >= 0.6 is 0 Å². The van der Waals surface area contributed by atoms with E-state index in [1.54, 1.807) is 6.92 Å². The van der Waals surface area contributed by atoms with Crippen molar-refractivity contribution in [3.05, 3.63) is 0 Å². The first-order chi connectivity index (χ1) is 6.95. The topological polar surface area (TPSA) is 74.6 Å². The minimum atomic E-state index is -1.28. The zero-order valence-corrected chi connectivity index (χ0v) is 9.56. The first-order valence-corrected chi connectivity index (χ1v) is 5.41. The van der Waals surface area contributed by atoms with Gasteiger partial charge in [0.1, 0.15) is 0 Å². The summed E-state index contributed by atoms with van der Waals surface area (Å²) in [7, 11) is 0. The van der Waals surface area contributed by atoms with Crippen molar-refractivity contribution in [1.29, 1.82) is 0 Å². The summed E-state index contributed by atoms with van der Waals surface area (Å²) in [4.78, 5) is 21.7. The van der Waals surface area contributed by atoms with Crippen molar-refractivity contribution in [3.8, 4) is 0 Å². The third kappa shape index (κ3) is 3.90. The van der Waals surface area contributed by atoms with Crippen LogP contribution < -0.4 is 0 Å². The van der Waals surface area contributed by atoms with Crippen LogP contribution in [0.15, 0.2) is 0 Å². The van der Waals surface area contributed by atoms with E-state index in [4.69, 9.17) is 10.2 Å². The quantitative estimate of drug-likeness (QED) is 0.640. The van der Waals surface area contributed by atoms with Gasteiger partial charge in [-0.15, -0.1) is 0 Å². The van der Waals surface area contributed by atoms with Gasteiger partial charge in [-0.1, -0.05) is 40.0 Å². The van der Waals surface area contributed by atoms with Crippen LogP contribution in [0.2, 0.25) is 0 Å². The molecule has 0 aliphatic heterocycles. The highest BCUT2D eigenvalue weighted by Gasteiger charge is 2.35. The number of hydrogen-bond donors (Lipinski definition) is 2. The number of hydrogen-bond acceptors (Lipinski definition) is 2. The van der Waals surface area contributed by atoms with Gasteiger partial charge < -0.3 is 10.2 Å². The molecule has 0 radical (unpaired) electrons. The fourth-order valence-electron chi connectivity index (χ4n) is 2.04. The van der Waals surface area contributed by atoms with Crippen LogP contribution in [0.1, 0.15) is 40.0 Å². The second-order valence-corrected chi connectivity index (χ2v) is 3.97. The first kappa shape index (κ1) is 13.9. The molecule has 2 N–H and O–H groups in total. The van der Waals surface area contributed by atoms with E-state index in [0.29, 0.717) is 0 Å². The Kier molecular flexibility index (Phi) is 5.97. The Morgan fingerprint density at radius 2 is 1.60 bits per heavy atom. The van der Waals surface area contributed by atoms with Crippen LogP contribution in [0, 0.1) is 17.8 Å². The molecular weight excluding hydrogens is 196 g/mol. The first-order valence-electron chi connectivity index (χ1n) is 5.41. The van der Waals surface area contributed by atoms with Crippen LogP contribution in [0.5, 0.6) is 0 Å². The Hall–Kier alpha value is -1.06. The molecule has 0 rings (SSSR count). The molecule has 0 saturated heterocycles. The summed E-state index contributed by atoms with van der Waals surface area (Å²) >= 11 is 0. The highest BCUT2D eigenvalue weighted by Crippen LogP contribution is 2.28. The Morgan fingerprint density at radius 3 is 1.87 bits per heavy atom. The molecule has 0 saturated carbocycles. The van der Waals surface area contributed by atoms with Crippen molar-refractivity contribution >= 4 is 11.9 Å². The fourth-order valence-corrected chi connectivity index (χ4v) is 2.04. The zero-order valence-electron chi connectivity index (χ0n) is 9.56. The summed E-state index contributed by atoms with van der Waals surface area (Å²) in [5.41, 5.74) is 0. The zero-order chi connectivity index (χ0) is 12.0. The van der Waals surface area contributed by atoms with E-state index in [0.717, 1.165) is 19.3 Å². The van der Waals surface area contributed by atoms with Crippen LogP contribution in [0.4, 0.5) is 0 Å². The molecule has 88 valence electrons. The van der Waals surface area contributed by atoms with E-state index in [9.17, 15) is 9.59 Å². The lowest BCUT2D eigenvalue weighted by atomic mass is 9.79. The van der Waals surface area contributed by atoms with E-state index < -0.39 is 17.9 Å². The fraction of sp³-hybridized carbons (Fsp3) is 0.818. The Labute approximate surface area is 90.3 Å². The highest BCUT2D eigenvalue weighted by molar-refractivity contribution is 5.93. The lowest BCUT2D eigenvalue weighted by Gasteiger charge is -2.25. The molecule has 2 unspecified atom stereocenters. The van der Waals surface area contributed by atoms with Gasteiger partial charge in [0.05, 0.1) is 0 Å². The van der Waals surface area contributed by atoms with Gasteiger partial charge in [0.2, 0.25) is 0 Å². The molecule has 0 fully saturated rings. The normalized spacial score (nSPS) is 14.9. The van der Waals surface area contributed by atoms with Crippen LogP contribution in [0.3, 0.4) is 0 Å². The maximum Gasteiger partial charge on any atom is 0.318 e. The van der Waals surface area contributed by atoms with Gasteiger partial charge in [-0.2, -0.15) is 0 Å². The molecule has 4 heteroatoms. The van der Waals surface area contributed by atoms with Gasteiger partial charge in [-0.05, 0) is 11.8 Å². The molecule has 0 heterocycles. The molecule has 0 aromatic carbocycles. The molecule has 0 aliphatic rings. The molecule has 0 aliphatic carbocycles. The van der Waals surface area contributed by atoms with Crippen molar-refractivity contribution in [1.82, 2.24) is 0 Å². The summed E-state index contributed by atoms with van der Waals surface area (Å²) in [5, 5.41) is 17.7. The Balaban J connectivity index is 4.66. The molecule has 0 spiro atoms. The van der Waals surface area contributed by atoms with Crippen molar-refractivity contribution in [2.45, 2.75) is 40.0 Å². The molecule has 2 atom stereocenters. The van der Waals surface area contributed by atoms with Crippen molar-refractivity contribution in [2.75, 3.05) is 0 Å². The summed E-state index contributed by atoms with van der Waals surface area (Å²) in [6.07, 6.45) is 2.66. The maximum atomic E-state index is 10.8. The summed E-state index contributed by atoms with van der Waals surface area (Å²) in [6, 6.07) is 0. The predicted octanol–water partition coefficient (Wildman–Crippen LogP) is 2.23. The minimum Gasteiger partial charge on any atom is -0.481 e. The van der Waals surface area contributed by atoms with Crippen molar-refractivity contribution in [2.24, 2.45) is 17.8 Å². The molecular formula is C11H20O4. The Morgan fingerprint density at radius 1 is 1.13 bits per heavy atom. The third-order valence-corrected chi connectivity index (χ3v) is 2.99. The van der Waals surface area contributed by atoms with E-state index in [1.807, 2.05) is 13.8 Å². The Bertz CT molecular complexity index is 211. The van der Waals surface area contributed by atoms with E-state index in [2.05, 4.69) is 0 Å². The average Bonchev–Trinajstić information content (AvgIpc) is 2.12. The van der Waals surface area contributed by atoms with E-state index in [1.165, 1.54) is 0 Å². The highest BCUT2D eigenvalue weighted by atomic mass is 16.4. The van der Waals surface area contributed by atoms with Crippen molar-refractivity contribution in [3.63, 3.8) is 0 Å². The van der Waals surface area contributed by atoms with Gasteiger partial charge in [0.25, 0.3) is 0 Å². The van der Waals surface area contributed by atoms with Gasteiger partial charge in [-0.3, -0.25) is 9.59 Å². The lowest BCUT2D eigenvalue weighted by molar-refractivity contribution is -0.158. The number of carbonyl (C=O) groups is 2. The maximum absolute atomic E-state index is 10.8. The number of carboxylic acid groups (broad SMARTS) is 2. The van der Waals surface area contributed by atoms with Gasteiger partial charge in [0.15, 0.2) is 5.92 Å². The number of carboxylic acids is 2. The average molecular weight is 216 g/mol. The molecule has 0 aromatic heterocycles. The standard InChI is InChI=1S/C11H20O4/c1-4-6-8(5-2)7(3)9(10(12)13)11(14)15/h7-9H,4-6H2,1-3H3,(H,12,13)(H,14,15). The van der Waals surface area contributed by atoms with E-state index >= 15 is 0 Å². The summed E-state index contributed by atoms with van der Waals surface area (Å²) < 4.78 is 0. The SMILES string of the molecule is CCCC(CC)C(C)C(C(=O)O)C(=O)O. The monoisotopic (exact) mass is 216 g/mol. The summed E-state index contributed by atoms with van der Waals surface area (Å²) in [5.74, 6) is -3.88. The molecule has 0 aromatic rings. The largest absolute Gasteiger partial charge is 0.481 e. The lowest BCUT2D eigenvalue weighted by Crippen LogP contribution is -2.33. The van der Waals surface area contributed by atoms with E-state index in [-0.39, 0.29) is 11.8 Å². The van der Waals surface area contributed by atoms with Gasteiger partial charge in [0, 0.05) is 0 Å². The van der Waals surface area contributed by atoms with Crippen LogP contribution in [0.25, 0.3) is 0 Å².